The predicted molar refractivity (Wildman–Crippen MR) is 41.6 cm³/mol. The van der Waals surface area contributed by atoms with Crippen molar-refractivity contribution in [2.45, 2.75) is 10.2 Å². The van der Waals surface area contributed by atoms with Gasteiger partial charge in [-0.15, -0.1) is 0 Å². The second kappa shape index (κ2) is 3.65. The van der Waals surface area contributed by atoms with Gasteiger partial charge in [-0.3, -0.25) is 9.11 Å². The van der Waals surface area contributed by atoms with Crippen molar-refractivity contribution in [2.24, 2.45) is 0 Å². The molecule has 0 aliphatic rings. The summed E-state index contributed by atoms with van der Waals surface area (Å²) < 4.78 is 83.9. The van der Waals surface area contributed by atoms with Gasteiger partial charge in [0.05, 0.1) is 0 Å². The van der Waals surface area contributed by atoms with Gasteiger partial charge in [-0.05, 0) is 0 Å². The monoisotopic (exact) mass is 276 g/mol. The third kappa shape index (κ3) is 2.46. The quantitative estimate of drug-likeness (QED) is 0.409. The molecule has 0 aromatic carbocycles. The number of rotatable bonds is 2. The Hall–Kier alpha value is -1.24. The summed E-state index contributed by atoms with van der Waals surface area (Å²) in [5, 5.41) is -3.56. The molecule has 0 fully saturated rings. The number of halogens is 2. The highest BCUT2D eigenvalue weighted by molar-refractivity contribution is 7.86. The second-order valence-electron chi connectivity index (χ2n) is 2.37. The molecule has 0 amide bonds. The van der Waals surface area contributed by atoms with Gasteiger partial charge in [-0.2, -0.15) is 35.6 Å². The molecule has 0 aliphatic carbocycles. The Balaban J connectivity index is 3.72. The van der Waals surface area contributed by atoms with Crippen molar-refractivity contribution in [3.8, 4) is 0 Å². The van der Waals surface area contributed by atoms with E-state index < -0.39 is 42.2 Å². The van der Waals surface area contributed by atoms with Crippen molar-refractivity contribution in [3.05, 3.63) is 11.8 Å². The van der Waals surface area contributed by atoms with Crippen LogP contribution in [0.25, 0.3) is 0 Å². The summed E-state index contributed by atoms with van der Waals surface area (Å²) in [5.74, 6) is -4.30. The molecule has 0 bridgehead atoms. The highest BCUT2D eigenvalue weighted by Gasteiger charge is 2.27. The summed E-state index contributed by atoms with van der Waals surface area (Å²) in [6.07, 6.45) is 0. The van der Waals surface area contributed by atoms with E-state index in [2.05, 4.69) is 9.97 Å². The van der Waals surface area contributed by atoms with E-state index in [0.717, 1.165) is 0 Å². The molecule has 0 aliphatic heterocycles. The first-order valence-corrected chi connectivity index (χ1v) is 6.09. The number of nitrogens with zero attached hydrogens (tertiary/aromatic N) is 2. The van der Waals surface area contributed by atoms with Crippen LogP contribution in [-0.4, -0.2) is 35.9 Å². The fourth-order valence-electron chi connectivity index (χ4n) is 0.669. The van der Waals surface area contributed by atoms with Crippen LogP contribution in [0.1, 0.15) is 0 Å². The van der Waals surface area contributed by atoms with Crippen LogP contribution in [0, 0.1) is 11.8 Å². The van der Waals surface area contributed by atoms with Gasteiger partial charge in [0.2, 0.25) is 10.8 Å². The topological polar surface area (TPSA) is 135 Å². The van der Waals surface area contributed by atoms with Crippen LogP contribution in [0.4, 0.5) is 8.78 Å². The number of aromatic nitrogens is 2. The second-order valence-corrected chi connectivity index (χ2v) is 5.02. The molecule has 16 heavy (non-hydrogen) atoms. The minimum atomic E-state index is -5.28. The van der Waals surface area contributed by atoms with Crippen molar-refractivity contribution < 1.29 is 34.7 Å². The van der Waals surface area contributed by atoms with Gasteiger partial charge < -0.3 is 0 Å². The van der Waals surface area contributed by atoms with Crippen molar-refractivity contribution in [1.29, 1.82) is 0 Å². The Labute approximate surface area is 87.5 Å². The van der Waals surface area contributed by atoms with Crippen LogP contribution < -0.4 is 0 Å². The zero-order chi connectivity index (χ0) is 12.7. The Kier molecular flexibility index (Phi) is 2.93. The summed E-state index contributed by atoms with van der Waals surface area (Å²) in [5.41, 5.74) is 0. The zero-order valence-corrected chi connectivity index (χ0v) is 8.63. The fourth-order valence-corrected chi connectivity index (χ4v) is 1.64. The van der Waals surface area contributed by atoms with Gasteiger partial charge >= 0.3 is 20.2 Å². The third-order valence-corrected chi connectivity index (χ3v) is 2.64. The lowest BCUT2D eigenvalue weighted by Gasteiger charge is -2.01. The molecular weight excluding hydrogens is 274 g/mol. The molecule has 8 nitrogen and oxygen atoms in total. The van der Waals surface area contributed by atoms with Crippen LogP contribution in [0.15, 0.2) is 10.2 Å². The molecule has 2 N–H and O–H groups in total. The smallest absolute Gasteiger partial charge is 0.281 e. The largest absolute Gasteiger partial charge is 0.330 e. The number of hydrogen-bond donors (Lipinski definition) is 2. The van der Waals surface area contributed by atoms with Gasteiger partial charge in [0, 0.05) is 0 Å². The van der Waals surface area contributed by atoms with Crippen LogP contribution in [0.5, 0.6) is 0 Å². The summed E-state index contributed by atoms with van der Waals surface area (Å²) in [4.78, 5) is 4.83. The molecule has 12 heteroatoms. The first-order valence-electron chi connectivity index (χ1n) is 3.21. The van der Waals surface area contributed by atoms with E-state index in [4.69, 9.17) is 9.11 Å². The molecular formula is C4H2F2N2O6S2. The zero-order valence-electron chi connectivity index (χ0n) is 6.99. The summed E-state index contributed by atoms with van der Waals surface area (Å²) >= 11 is 0. The molecule has 1 aromatic rings. The molecule has 90 valence electrons. The van der Waals surface area contributed by atoms with Crippen LogP contribution in [-0.2, 0) is 20.2 Å². The highest BCUT2D eigenvalue weighted by Crippen LogP contribution is 2.15. The van der Waals surface area contributed by atoms with Gasteiger partial charge in [0.25, 0.3) is 11.1 Å². The first kappa shape index (κ1) is 12.8. The standard InChI is InChI=1S/C4H2F2N2O6S2/c5-1-2(6)7-4(16(12,13)14)8-3(1)15(9,10)11/h(H,9,10,11)(H,12,13,14). The maximum atomic E-state index is 12.8. The van der Waals surface area contributed by atoms with Crippen molar-refractivity contribution >= 4 is 20.2 Å². The summed E-state index contributed by atoms with van der Waals surface area (Å²) in [6.45, 7) is 0. The van der Waals surface area contributed by atoms with E-state index in [1.165, 1.54) is 0 Å². The first-order chi connectivity index (χ1) is 7.03. The van der Waals surface area contributed by atoms with E-state index in [0.29, 0.717) is 0 Å². The normalized spacial score (nSPS) is 12.8. The molecule has 0 spiro atoms. The number of hydrogen-bond acceptors (Lipinski definition) is 6. The summed E-state index contributed by atoms with van der Waals surface area (Å²) in [7, 11) is -10.4. The molecule has 0 saturated carbocycles. The molecule has 0 atom stereocenters. The predicted octanol–water partition coefficient (Wildman–Crippen LogP) is -0.752. The Morgan fingerprint density at radius 1 is 0.938 bits per heavy atom. The fraction of sp³-hybridized carbons (Fsp3) is 0. The maximum Gasteiger partial charge on any atom is 0.330 e. The SMILES string of the molecule is O=S(=O)(O)c1nc(F)c(F)c(S(=O)(=O)O)n1. The Morgan fingerprint density at radius 3 is 1.81 bits per heavy atom. The van der Waals surface area contributed by atoms with Crippen molar-refractivity contribution in [3.63, 3.8) is 0 Å². The maximum absolute atomic E-state index is 12.8. The van der Waals surface area contributed by atoms with E-state index in [1.54, 1.807) is 0 Å². The molecule has 1 aromatic heterocycles. The van der Waals surface area contributed by atoms with Gasteiger partial charge in [-0.1, -0.05) is 0 Å². The van der Waals surface area contributed by atoms with Crippen LogP contribution in [0.2, 0.25) is 0 Å². The minimum absolute atomic E-state index is 1.68. The van der Waals surface area contributed by atoms with Crippen molar-refractivity contribution in [1.82, 2.24) is 9.97 Å². The van der Waals surface area contributed by atoms with E-state index in [-0.39, 0.29) is 0 Å². The van der Waals surface area contributed by atoms with Crippen LogP contribution in [0.3, 0.4) is 0 Å². The Bertz CT molecular complexity index is 639. The van der Waals surface area contributed by atoms with E-state index in [9.17, 15) is 25.6 Å². The molecule has 0 radical (unpaired) electrons. The lowest BCUT2D eigenvalue weighted by molar-refractivity contribution is 0.405. The lowest BCUT2D eigenvalue weighted by Crippen LogP contribution is -2.14. The van der Waals surface area contributed by atoms with Gasteiger partial charge in [0.15, 0.2) is 0 Å². The van der Waals surface area contributed by atoms with Crippen LogP contribution >= 0.6 is 0 Å². The van der Waals surface area contributed by atoms with Gasteiger partial charge in [-0.25, -0.2) is 0 Å². The van der Waals surface area contributed by atoms with Crippen molar-refractivity contribution in [2.75, 3.05) is 0 Å². The molecule has 0 unspecified atom stereocenters. The van der Waals surface area contributed by atoms with E-state index in [1.807, 2.05) is 0 Å². The molecule has 1 rings (SSSR count). The average molecular weight is 276 g/mol. The highest BCUT2D eigenvalue weighted by atomic mass is 32.2. The Morgan fingerprint density at radius 2 is 1.44 bits per heavy atom. The lowest BCUT2D eigenvalue weighted by atomic mass is 10.6. The third-order valence-electron chi connectivity index (χ3n) is 1.23. The van der Waals surface area contributed by atoms with E-state index >= 15 is 0 Å². The summed E-state index contributed by atoms with van der Waals surface area (Å²) in [6, 6.07) is 0. The molecule has 1 heterocycles. The molecule has 0 saturated heterocycles. The average Bonchev–Trinajstić information content (AvgIpc) is 2.05. The van der Waals surface area contributed by atoms with Gasteiger partial charge in [0.1, 0.15) is 0 Å². The minimum Gasteiger partial charge on any atom is -0.281 e.